The molecule has 2 aromatic rings. The molecule has 2 aromatic carbocycles. The molecule has 1 saturated heterocycles. The molecule has 0 atom stereocenters. The lowest BCUT2D eigenvalue weighted by molar-refractivity contribution is 0.0792. The number of nitrogens with one attached hydrogen (secondary N) is 2. The van der Waals surface area contributed by atoms with E-state index in [-0.39, 0.29) is 30.1 Å². The Morgan fingerprint density at radius 3 is 2.32 bits per heavy atom. The number of ether oxygens (including phenoxy) is 1. The van der Waals surface area contributed by atoms with Crippen LogP contribution in [0, 0.1) is 6.92 Å². The average Bonchev–Trinajstić information content (AvgIpc) is 2.77. The number of aliphatic hydroxyl groups excluding tert-OH is 1. The minimum Gasteiger partial charge on any atom is -0.492 e. The van der Waals surface area contributed by atoms with Crippen molar-refractivity contribution in [1.29, 1.82) is 0 Å². The summed E-state index contributed by atoms with van der Waals surface area (Å²) in [5.41, 5.74) is 3.75. The molecule has 1 aliphatic rings. The van der Waals surface area contributed by atoms with Crippen molar-refractivity contribution >= 4 is 29.9 Å². The van der Waals surface area contributed by atoms with Gasteiger partial charge in [-0.25, -0.2) is 0 Å². The van der Waals surface area contributed by atoms with Crippen LogP contribution in [0.1, 0.15) is 29.5 Å². The van der Waals surface area contributed by atoms with E-state index in [1.807, 2.05) is 24.3 Å². The molecule has 1 aliphatic heterocycles. The Morgan fingerprint density at radius 1 is 1.03 bits per heavy atom. The van der Waals surface area contributed by atoms with E-state index in [1.54, 1.807) is 7.05 Å². The maximum absolute atomic E-state index is 9.63. The predicted octanol–water partition coefficient (Wildman–Crippen LogP) is 3.31. The first-order valence-corrected chi connectivity index (χ1v) is 10.7. The fourth-order valence-corrected chi connectivity index (χ4v) is 3.48. The minimum absolute atomic E-state index is 0. The summed E-state index contributed by atoms with van der Waals surface area (Å²) in [4.78, 5) is 6.68. The van der Waals surface area contributed by atoms with Gasteiger partial charge in [-0.15, -0.1) is 24.0 Å². The standard InChI is InChI=1S/C24H34N4O2.HI/c1-19-3-9-23(10-4-19)30-16-13-26-24(25-2)27-17-20-5-7-21(8-6-20)18-28-14-11-22(29)12-15-28;/h3-10,22,29H,11-18H2,1-2H3,(H2,25,26,27);1H. The number of rotatable bonds is 8. The predicted molar refractivity (Wildman–Crippen MR) is 137 cm³/mol. The van der Waals surface area contributed by atoms with E-state index in [0.717, 1.165) is 44.2 Å². The summed E-state index contributed by atoms with van der Waals surface area (Å²) < 4.78 is 5.74. The summed E-state index contributed by atoms with van der Waals surface area (Å²) in [7, 11) is 1.77. The third-order valence-electron chi connectivity index (χ3n) is 5.35. The molecule has 0 amide bonds. The van der Waals surface area contributed by atoms with Gasteiger partial charge in [0.2, 0.25) is 0 Å². The lowest BCUT2D eigenvalue weighted by Crippen LogP contribution is -2.38. The molecule has 1 heterocycles. The number of aliphatic hydroxyl groups is 1. The van der Waals surface area contributed by atoms with Crippen molar-refractivity contribution in [1.82, 2.24) is 15.5 Å². The number of likely N-dealkylation sites (tertiary alicyclic amines) is 1. The Bertz CT molecular complexity index is 788. The van der Waals surface area contributed by atoms with Crippen LogP contribution in [0.5, 0.6) is 5.75 Å². The number of aryl methyl sites for hydroxylation is 1. The zero-order chi connectivity index (χ0) is 21.2. The second kappa shape index (κ2) is 13.5. The smallest absolute Gasteiger partial charge is 0.191 e. The number of benzene rings is 2. The molecule has 0 bridgehead atoms. The molecule has 3 N–H and O–H groups in total. The van der Waals surface area contributed by atoms with E-state index in [9.17, 15) is 5.11 Å². The first-order valence-electron chi connectivity index (χ1n) is 10.7. The van der Waals surface area contributed by atoms with Crippen molar-refractivity contribution in [3.8, 4) is 5.75 Å². The van der Waals surface area contributed by atoms with Crippen molar-refractivity contribution in [3.63, 3.8) is 0 Å². The first-order chi connectivity index (χ1) is 14.6. The second-order valence-electron chi connectivity index (χ2n) is 7.84. The van der Waals surface area contributed by atoms with Crippen molar-refractivity contribution in [3.05, 3.63) is 65.2 Å². The molecule has 0 spiro atoms. The Kier molecular flexibility index (Phi) is 11.1. The van der Waals surface area contributed by atoms with Crippen molar-refractivity contribution in [2.45, 2.75) is 39.0 Å². The zero-order valence-electron chi connectivity index (χ0n) is 18.5. The number of hydrogen-bond acceptors (Lipinski definition) is 4. The highest BCUT2D eigenvalue weighted by atomic mass is 127. The Labute approximate surface area is 203 Å². The average molecular weight is 538 g/mol. The van der Waals surface area contributed by atoms with Crippen LogP contribution in [-0.2, 0) is 13.1 Å². The first kappa shape index (κ1) is 25.4. The van der Waals surface area contributed by atoms with Gasteiger partial charge in [0.05, 0.1) is 12.6 Å². The monoisotopic (exact) mass is 538 g/mol. The Morgan fingerprint density at radius 2 is 1.68 bits per heavy atom. The van der Waals surface area contributed by atoms with Gasteiger partial charge in [-0.05, 0) is 43.0 Å². The van der Waals surface area contributed by atoms with E-state index in [1.165, 1.54) is 16.7 Å². The maximum atomic E-state index is 9.63. The van der Waals surface area contributed by atoms with E-state index in [0.29, 0.717) is 19.7 Å². The molecule has 0 aromatic heterocycles. The summed E-state index contributed by atoms with van der Waals surface area (Å²) in [6.07, 6.45) is 1.64. The van der Waals surface area contributed by atoms with Gasteiger partial charge in [0, 0.05) is 33.2 Å². The molecule has 7 heteroatoms. The van der Waals surface area contributed by atoms with Crippen molar-refractivity contribution < 1.29 is 9.84 Å². The molecular formula is C24H35IN4O2. The molecule has 3 rings (SSSR count). The van der Waals surface area contributed by atoms with Crippen LogP contribution < -0.4 is 15.4 Å². The highest BCUT2D eigenvalue weighted by Crippen LogP contribution is 2.14. The van der Waals surface area contributed by atoms with Crippen molar-refractivity contribution in [2.24, 2.45) is 4.99 Å². The third kappa shape index (κ3) is 9.04. The quantitative estimate of drug-likeness (QED) is 0.208. The Balaban J connectivity index is 0.00000341. The summed E-state index contributed by atoms with van der Waals surface area (Å²) in [6, 6.07) is 16.8. The molecule has 0 unspecified atom stereocenters. The van der Waals surface area contributed by atoms with Crippen molar-refractivity contribution in [2.75, 3.05) is 33.3 Å². The molecule has 0 aliphatic carbocycles. The van der Waals surface area contributed by atoms with Gasteiger partial charge in [-0.2, -0.15) is 0 Å². The van der Waals surface area contributed by atoms with E-state index in [4.69, 9.17) is 4.74 Å². The van der Waals surface area contributed by atoms with Crippen LogP contribution >= 0.6 is 24.0 Å². The molecule has 170 valence electrons. The molecule has 0 radical (unpaired) electrons. The van der Waals surface area contributed by atoms with Gasteiger partial charge >= 0.3 is 0 Å². The molecule has 6 nitrogen and oxygen atoms in total. The van der Waals surface area contributed by atoms with Gasteiger partial charge < -0.3 is 20.5 Å². The summed E-state index contributed by atoms with van der Waals surface area (Å²) in [6.45, 7) is 6.93. The highest BCUT2D eigenvalue weighted by Gasteiger charge is 2.16. The van der Waals surface area contributed by atoms with Crippen LogP contribution in [0.15, 0.2) is 53.5 Å². The van der Waals surface area contributed by atoms with Gasteiger partial charge in [-0.1, -0.05) is 42.0 Å². The van der Waals surface area contributed by atoms with Crippen LogP contribution in [-0.4, -0.2) is 55.4 Å². The van der Waals surface area contributed by atoms with Crippen LogP contribution in [0.2, 0.25) is 0 Å². The van der Waals surface area contributed by atoms with E-state index >= 15 is 0 Å². The van der Waals surface area contributed by atoms with Gasteiger partial charge in [0.25, 0.3) is 0 Å². The third-order valence-corrected chi connectivity index (χ3v) is 5.35. The normalized spacial score (nSPS) is 15.3. The van der Waals surface area contributed by atoms with Crippen LogP contribution in [0.4, 0.5) is 0 Å². The van der Waals surface area contributed by atoms with Gasteiger partial charge in [0.15, 0.2) is 5.96 Å². The van der Waals surface area contributed by atoms with E-state index in [2.05, 4.69) is 51.7 Å². The number of aliphatic imine (C=N–C) groups is 1. The maximum Gasteiger partial charge on any atom is 0.191 e. The topological polar surface area (TPSA) is 69.1 Å². The summed E-state index contributed by atoms with van der Waals surface area (Å²) >= 11 is 0. The van der Waals surface area contributed by atoms with Crippen LogP contribution in [0.25, 0.3) is 0 Å². The van der Waals surface area contributed by atoms with E-state index < -0.39 is 0 Å². The second-order valence-corrected chi connectivity index (χ2v) is 7.84. The van der Waals surface area contributed by atoms with Crippen LogP contribution in [0.3, 0.4) is 0 Å². The minimum atomic E-state index is -0.119. The number of piperidine rings is 1. The lowest BCUT2D eigenvalue weighted by Gasteiger charge is -2.29. The fourth-order valence-electron chi connectivity index (χ4n) is 3.48. The number of halogens is 1. The molecular weight excluding hydrogens is 503 g/mol. The summed E-state index contributed by atoms with van der Waals surface area (Å²) in [5, 5.41) is 16.2. The lowest BCUT2D eigenvalue weighted by atomic mass is 10.1. The number of hydrogen-bond donors (Lipinski definition) is 3. The SMILES string of the molecule is CN=C(NCCOc1ccc(C)cc1)NCc1ccc(CN2CCC(O)CC2)cc1.I. The fraction of sp³-hybridized carbons (Fsp3) is 0.458. The Hall–Kier alpha value is -1.84. The number of guanidine groups is 1. The molecule has 0 saturated carbocycles. The summed E-state index contributed by atoms with van der Waals surface area (Å²) in [5.74, 6) is 1.64. The highest BCUT2D eigenvalue weighted by molar-refractivity contribution is 14.0. The number of nitrogens with zero attached hydrogens (tertiary/aromatic N) is 2. The van der Waals surface area contributed by atoms with Gasteiger partial charge in [-0.3, -0.25) is 9.89 Å². The molecule has 31 heavy (non-hydrogen) atoms. The van der Waals surface area contributed by atoms with Gasteiger partial charge in [0.1, 0.15) is 12.4 Å². The largest absolute Gasteiger partial charge is 0.492 e. The molecule has 1 fully saturated rings. The zero-order valence-corrected chi connectivity index (χ0v) is 20.8.